The molecule has 2 fully saturated rings. The number of carbonyl (C=O) groups excluding carboxylic acids is 2. The summed E-state index contributed by atoms with van der Waals surface area (Å²) in [5, 5.41) is 3.08. The Bertz CT molecular complexity index is 954. The van der Waals surface area contributed by atoms with Crippen LogP contribution in [0.4, 0.5) is 11.4 Å². The lowest BCUT2D eigenvalue weighted by Gasteiger charge is -2.15. The van der Waals surface area contributed by atoms with Crippen LogP contribution in [0.3, 0.4) is 0 Å². The molecule has 0 radical (unpaired) electrons. The number of hydrogen-bond donors (Lipinski definition) is 1. The molecule has 6 nitrogen and oxygen atoms in total. The lowest BCUT2D eigenvalue weighted by Crippen LogP contribution is -2.35. The molecule has 1 saturated heterocycles. The lowest BCUT2D eigenvalue weighted by atomic mass is 10.2. The summed E-state index contributed by atoms with van der Waals surface area (Å²) in [6, 6.07) is 15.3. The molecule has 150 valence electrons. The summed E-state index contributed by atoms with van der Waals surface area (Å²) in [5.74, 6) is 0.346. The molecule has 1 saturated carbocycles. The van der Waals surface area contributed by atoms with Crippen molar-refractivity contribution in [1.82, 2.24) is 4.90 Å². The number of benzene rings is 2. The van der Waals surface area contributed by atoms with Crippen molar-refractivity contribution in [2.45, 2.75) is 37.5 Å². The molecule has 0 unspecified atom stereocenters. The first-order chi connectivity index (χ1) is 14.0. The van der Waals surface area contributed by atoms with E-state index in [1.807, 2.05) is 43.3 Å². The molecule has 1 N–H and O–H groups in total. The van der Waals surface area contributed by atoms with Crippen LogP contribution in [0, 0.1) is 6.92 Å². The number of nitrogens with zero attached hydrogens (tertiary/aromatic N) is 2. The van der Waals surface area contributed by atoms with E-state index in [4.69, 9.17) is 9.73 Å². The maximum Gasteiger partial charge on any atom is 0.242 e. The number of amides is 2. The van der Waals surface area contributed by atoms with Gasteiger partial charge in [-0.1, -0.05) is 41.6 Å². The molecule has 2 amide bonds. The fraction of sp³-hybridized carbons (Fsp3) is 0.318. The smallest absolute Gasteiger partial charge is 0.242 e. The van der Waals surface area contributed by atoms with E-state index in [0.717, 1.165) is 24.1 Å². The van der Waals surface area contributed by atoms with E-state index in [1.165, 1.54) is 11.8 Å². The fourth-order valence-corrected chi connectivity index (χ4v) is 4.42. The molecule has 7 heteroatoms. The van der Waals surface area contributed by atoms with E-state index < -0.39 is 5.25 Å². The van der Waals surface area contributed by atoms with E-state index in [9.17, 15) is 9.59 Å². The zero-order valence-corrected chi connectivity index (χ0v) is 17.2. The third-order valence-electron chi connectivity index (χ3n) is 4.89. The zero-order valence-electron chi connectivity index (χ0n) is 16.4. The monoisotopic (exact) mass is 409 g/mol. The molecule has 29 heavy (non-hydrogen) atoms. The standard InChI is InChI=1S/C22H23N3O3S/c1-14-7-9-15(10-8-14)23-22-25(16-11-12-16)21(27)19(29-22)13-20(26)24-17-5-3-4-6-18(17)28-2/h3-10,16,19H,11-13H2,1-2H3,(H,24,26)/t19-/m1/s1. The Morgan fingerprint density at radius 3 is 2.62 bits per heavy atom. The molecule has 0 bridgehead atoms. The van der Waals surface area contributed by atoms with Gasteiger partial charge in [-0.2, -0.15) is 0 Å². The van der Waals surface area contributed by atoms with Gasteiger partial charge in [-0.05, 0) is 44.0 Å². The number of aryl methyl sites for hydroxylation is 1. The Hall–Kier alpha value is -2.80. The molecule has 2 aliphatic rings. The van der Waals surface area contributed by atoms with Gasteiger partial charge < -0.3 is 10.1 Å². The third-order valence-corrected chi connectivity index (χ3v) is 6.04. The van der Waals surface area contributed by atoms with Crippen LogP contribution in [0.2, 0.25) is 0 Å². The second-order valence-electron chi connectivity index (χ2n) is 7.23. The number of para-hydroxylation sites is 2. The third kappa shape index (κ3) is 4.45. The van der Waals surface area contributed by atoms with E-state index in [0.29, 0.717) is 16.6 Å². The van der Waals surface area contributed by atoms with E-state index in [1.54, 1.807) is 24.1 Å². The van der Waals surface area contributed by atoms with Gasteiger partial charge in [-0.15, -0.1) is 0 Å². The van der Waals surface area contributed by atoms with Crippen molar-refractivity contribution in [1.29, 1.82) is 0 Å². The number of aliphatic imine (C=N–C) groups is 1. The summed E-state index contributed by atoms with van der Waals surface area (Å²) < 4.78 is 5.27. The van der Waals surface area contributed by atoms with Crippen molar-refractivity contribution < 1.29 is 14.3 Å². The van der Waals surface area contributed by atoms with Crippen LogP contribution in [0.25, 0.3) is 0 Å². The number of carbonyl (C=O) groups is 2. The molecule has 4 rings (SSSR count). The molecule has 0 spiro atoms. The van der Waals surface area contributed by atoms with Crippen LogP contribution < -0.4 is 10.1 Å². The van der Waals surface area contributed by atoms with Gasteiger partial charge >= 0.3 is 0 Å². The highest BCUT2D eigenvalue weighted by Gasteiger charge is 2.46. The van der Waals surface area contributed by atoms with Crippen LogP contribution in [0.15, 0.2) is 53.5 Å². The summed E-state index contributed by atoms with van der Waals surface area (Å²) in [6.45, 7) is 2.03. The van der Waals surface area contributed by atoms with Gasteiger partial charge in [0.05, 0.1) is 18.5 Å². The number of methoxy groups -OCH3 is 1. The highest BCUT2D eigenvalue weighted by atomic mass is 32.2. The van der Waals surface area contributed by atoms with Crippen LogP contribution in [0.5, 0.6) is 5.75 Å². The minimum atomic E-state index is -0.463. The highest BCUT2D eigenvalue weighted by molar-refractivity contribution is 8.15. The molecule has 0 aromatic heterocycles. The number of thioether (sulfide) groups is 1. The highest BCUT2D eigenvalue weighted by Crippen LogP contribution is 2.39. The van der Waals surface area contributed by atoms with Gasteiger partial charge in [-0.25, -0.2) is 4.99 Å². The minimum Gasteiger partial charge on any atom is -0.495 e. The normalized spacial score (nSPS) is 20.2. The van der Waals surface area contributed by atoms with Crippen molar-refractivity contribution in [3.63, 3.8) is 0 Å². The Morgan fingerprint density at radius 1 is 1.21 bits per heavy atom. The van der Waals surface area contributed by atoms with E-state index in [-0.39, 0.29) is 24.3 Å². The molecule has 1 aliphatic heterocycles. The van der Waals surface area contributed by atoms with Crippen LogP contribution in [-0.4, -0.2) is 40.3 Å². The van der Waals surface area contributed by atoms with E-state index in [2.05, 4.69) is 5.32 Å². The zero-order chi connectivity index (χ0) is 20.4. The number of ether oxygens (including phenoxy) is 1. The van der Waals surface area contributed by atoms with Gasteiger partial charge in [0.25, 0.3) is 0 Å². The van der Waals surface area contributed by atoms with Crippen molar-refractivity contribution >= 4 is 40.1 Å². The quantitative estimate of drug-likeness (QED) is 0.779. The Balaban J connectivity index is 1.48. The second-order valence-corrected chi connectivity index (χ2v) is 8.40. The minimum absolute atomic E-state index is 0.0291. The fourth-order valence-electron chi connectivity index (χ4n) is 3.21. The van der Waals surface area contributed by atoms with Crippen molar-refractivity contribution in [2.24, 2.45) is 4.99 Å². The number of nitrogens with one attached hydrogen (secondary N) is 1. The van der Waals surface area contributed by atoms with Gasteiger partial charge in [0.15, 0.2) is 5.17 Å². The summed E-state index contributed by atoms with van der Waals surface area (Å²) in [4.78, 5) is 32.0. The Morgan fingerprint density at radius 2 is 1.93 bits per heavy atom. The predicted octanol–water partition coefficient (Wildman–Crippen LogP) is 4.13. The molecular weight excluding hydrogens is 386 g/mol. The first-order valence-corrected chi connectivity index (χ1v) is 10.5. The summed E-state index contributed by atoms with van der Waals surface area (Å²) in [6.07, 6.45) is 2.07. The van der Waals surface area contributed by atoms with Crippen LogP contribution in [0.1, 0.15) is 24.8 Å². The summed E-state index contributed by atoms with van der Waals surface area (Å²) >= 11 is 1.38. The Kier molecular flexibility index (Phi) is 5.58. The first-order valence-electron chi connectivity index (χ1n) is 9.63. The molecule has 2 aromatic rings. The number of rotatable bonds is 6. The van der Waals surface area contributed by atoms with Gasteiger partial charge in [0.2, 0.25) is 11.8 Å². The first kappa shape index (κ1) is 19.5. The Labute approximate surface area is 174 Å². The van der Waals surface area contributed by atoms with Gasteiger partial charge in [0, 0.05) is 12.5 Å². The molecular formula is C22H23N3O3S. The topological polar surface area (TPSA) is 71.0 Å². The van der Waals surface area contributed by atoms with Crippen LogP contribution in [-0.2, 0) is 9.59 Å². The number of anilines is 1. The van der Waals surface area contributed by atoms with E-state index >= 15 is 0 Å². The number of hydrogen-bond acceptors (Lipinski definition) is 5. The molecule has 1 atom stereocenters. The number of amidine groups is 1. The molecule has 1 aliphatic carbocycles. The largest absolute Gasteiger partial charge is 0.495 e. The average molecular weight is 410 g/mol. The SMILES string of the molecule is COc1ccccc1NC(=O)C[C@H]1SC(=Nc2ccc(C)cc2)N(C2CC2)C1=O. The predicted molar refractivity (Wildman–Crippen MR) is 116 cm³/mol. The van der Waals surface area contributed by atoms with Gasteiger partial charge in [-0.3, -0.25) is 14.5 Å². The summed E-state index contributed by atoms with van der Waals surface area (Å²) in [5.41, 5.74) is 2.58. The summed E-state index contributed by atoms with van der Waals surface area (Å²) in [7, 11) is 1.56. The van der Waals surface area contributed by atoms with Crippen molar-refractivity contribution in [3.05, 3.63) is 54.1 Å². The second kappa shape index (κ2) is 8.29. The molecule has 1 heterocycles. The maximum atomic E-state index is 13.0. The van der Waals surface area contributed by atoms with Crippen molar-refractivity contribution in [3.8, 4) is 5.75 Å². The van der Waals surface area contributed by atoms with Crippen LogP contribution >= 0.6 is 11.8 Å². The average Bonchev–Trinajstić information content (AvgIpc) is 3.50. The maximum absolute atomic E-state index is 13.0. The lowest BCUT2D eigenvalue weighted by molar-refractivity contribution is -0.128. The van der Waals surface area contributed by atoms with Gasteiger partial charge in [0.1, 0.15) is 11.0 Å². The van der Waals surface area contributed by atoms with Crippen molar-refractivity contribution in [2.75, 3.05) is 12.4 Å². The molecule has 2 aromatic carbocycles.